The van der Waals surface area contributed by atoms with Crippen LogP contribution in [0.1, 0.15) is 23.0 Å². The van der Waals surface area contributed by atoms with E-state index in [4.69, 9.17) is 11.6 Å². The van der Waals surface area contributed by atoms with Crippen molar-refractivity contribution in [2.45, 2.75) is 17.2 Å². The first-order valence-corrected chi connectivity index (χ1v) is 8.00. The van der Waals surface area contributed by atoms with Gasteiger partial charge in [0.15, 0.2) is 0 Å². The quantitative estimate of drug-likeness (QED) is 0.575. The number of nitrogens with zero attached hydrogens (tertiary/aromatic N) is 1. The zero-order chi connectivity index (χ0) is 17.5. The van der Waals surface area contributed by atoms with Gasteiger partial charge in [-0.2, -0.15) is 5.26 Å². The standard InChI is InChI=1S/C20H18ClNO2/c1-2-17(21)19(20(23)24)18(15-11-7-4-8-12-15)16(13-22)14-9-5-3-6-10-14/h2-12,16-19H,1H2,(H,23,24)/p-1. The van der Waals surface area contributed by atoms with Gasteiger partial charge < -0.3 is 9.90 Å². The molecule has 4 unspecified atom stereocenters. The number of aliphatic carboxylic acids is 1. The van der Waals surface area contributed by atoms with Crippen LogP contribution in [0.2, 0.25) is 0 Å². The second-order valence-electron chi connectivity index (χ2n) is 5.48. The van der Waals surface area contributed by atoms with Crippen LogP contribution in [0, 0.1) is 17.2 Å². The van der Waals surface area contributed by atoms with Gasteiger partial charge in [0.25, 0.3) is 0 Å². The number of carbonyl (C=O) groups excluding carboxylic acids is 1. The van der Waals surface area contributed by atoms with E-state index in [9.17, 15) is 15.2 Å². The molecule has 2 rings (SSSR count). The van der Waals surface area contributed by atoms with Gasteiger partial charge in [-0.1, -0.05) is 66.7 Å². The third kappa shape index (κ3) is 3.84. The van der Waals surface area contributed by atoms with Gasteiger partial charge in [-0.15, -0.1) is 18.2 Å². The minimum Gasteiger partial charge on any atom is -0.550 e. The van der Waals surface area contributed by atoms with Crippen LogP contribution in [0.25, 0.3) is 0 Å². The smallest absolute Gasteiger partial charge is 0.0788 e. The van der Waals surface area contributed by atoms with Crippen molar-refractivity contribution < 1.29 is 9.90 Å². The van der Waals surface area contributed by atoms with Crippen molar-refractivity contribution in [2.75, 3.05) is 0 Å². The maximum Gasteiger partial charge on any atom is 0.0788 e. The Morgan fingerprint density at radius 2 is 1.58 bits per heavy atom. The maximum absolute atomic E-state index is 11.8. The lowest BCUT2D eigenvalue weighted by atomic mass is 9.73. The lowest BCUT2D eigenvalue weighted by molar-refractivity contribution is -0.312. The Hall–Kier alpha value is -2.57. The topological polar surface area (TPSA) is 63.9 Å². The van der Waals surface area contributed by atoms with E-state index in [2.05, 4.69) is 12.6 Å². The van der Waals surface area contributed by atoms with E-state index in [-0.39, 0.29) is 0 Å². The summed E-state index contributed by atoms with van der Waals surface area (Å²) in [5, 5.41) is 20.7. The van der Waals surface area contributed by atoms with Gasteiger partial charge in [-0.25, -0.2) is 0 Å². The van der Waals surface area contributed by atoms with Crippen LogP contribution in [-0.4, -0.2) is 11.3 Å². The average Bonchev–Trinajstić information content (AvgIpc) is 2.62. The Morgan fingerprint density at radius 1 is 1.08 bits per heavy atom. The molecule has 2 aromatic carbocycles. The number of nitriles is 1. The Labute approximate surface area is 146 Å². The lowest BCUT2D eigenvalue weighted by Gasteiger charge is -2.33. The molecular formula is C20H17ClNO2-. The molecule has 0 aliphatic carbocycles. The van der Waals surface area contributed by atoms with E-state index < -0.39 is 29.1 Å². The van der Waals surface area contributed by atoms with Gasteiger partial charge >= 0.3 is 0 Å². The van der Waals surface area contributed by atoms with Crippen molar-refractivity contribution in [3.05, 3.63) is 84.4 Å². The number of halogens is 1. The second kappa shape index (κ2) is 8.33. The molecule has 0 saturated heterocycles. The fraction of sp³-hybridized carbons (Fsp3) is 0.200. The minimum atomic E-state index is -1.29. The summed E-state index contributed by atoms with van der Waals surface area (Å²) in [7, 11) is 0. The fourth-order valence-corrected chi connectivity index (χ4v) is 3.19. The first-order chi connectivity index (χ1) is 11.6. The highest BCUT2D eigenvalue weighted by molar-refractivity contribution is 6.23. The van der Waals surface area contributed by atoms with Crippen molar-refractivity contribution in [3.63, 3.8) is 0 Å². The predicted octanol–water partition coefficient (Wildman–Crippen LogP) is 3.24. The SMILES string of the molecule is C=CC(Cl)C(C(=O)[O-])C(c1ccccc1)C(C#N)c1ccccc1. The van der Waals surface area contributed by atoms with E-state index >= 15 is 0 Å². The summed E-state index contributed by atoms with van der Waals surface area (Å²) in [6, 6.07) is 20.4. The zero-order valence-corrected chi connectivity index (χ0v) is 13.8. The minimum absolute atomic E-state index is 0.649. The Balaban J connectivity index is 2.60. The highest BCUT2D eigenvalue weighted by atomic mass is 35.5. The molecule has 4 heteroatoms. The van der Waals surface area contributed by atoms with Crippen LogP contribution in [0.15, 0.2) is 73.3 Å². The van der Waals surface area contributed by atoms with Crippen LogP contribution >= 0.6 is 11.6 Å². The monoisotopic (exact) mass is 338 g/mol. The van der Waals surface area contributed by atoms with E-state index in [1.807, 2.05) is 48.5 Å². The number of allylic oxidation sites excluding steroid dienone is 1. The number of rotatable bonds is 7. The molecule has 0 N–H and O–H groups in total. The molecule has 2 aromatic rings. The van der Waals surface area contributed by atoms with Crippen LogP contribution in [-0.2, 0) is 4.79 Å². The summed E-state index contributed by atoms with van der Waals surface area (Å²) in [4.78, 5) is 11.8. The molecule has 0 amide bonds. The molecule has 0 saturated carbocycles. The molecule has 0 fully saturated rings. The molecule has 24 heavy (non-hydrogen) atoms. The van der Waals surface area contributed by atoms with Crippen molar-refractivity contribution >= 4 is 17.6 Å². The molecule has 0 aromatic heterocycles. The number of carboxylic acid groups (broad SMARTS) is 1. The van der Waals surface area contributed by atoms with E-state index in [0.29, 0.717) is 0 Å². The van der Waals surface area contributed by atoms with E-state index in [1.165, 1.54) is 6.08 Å². The molecular weight excluding hydrogens is 322 g/mol. The number of benzene rings is 2. The highest BCUT2D eigenvalue weighted by Gasteiger charge is 2.36. The largest absolute Gasteiger partial charge is 0.550 e. The zero-order valence-electron chi connectivity index (χ0n) is 13.0. The van der Waals surface area contributed by atoms with Gasteiger partial charge in [-0.05, 0) is 11.1 Å². The first kappa shape index (κ1) is 17.8. The fourth-order valence-electron chi connectivity index (χ4n) is 2.93. The van der Waals surface area contributed by atoms with Crippen LogP contribution in [0.3, 0.4) is 0 Å². The van der Waals surface area contributed by atoms with Crippen molar-refractivity contribution in [1.82, 2.24) is 0 Å². The summed E-state index contributed by atoms with van der Waals surface area (Å²) >= 11 is 6.21. The molecule has 4 atom stereocenters. The average molecular weight is 339 g/mol. The molecule has 0 heterocycles. The molecule has 0 bridgehead atoms. The number of alkyl halides is 1. The Kier molecular flexibility index (Phi) is 6.17. The van der Waals surface area contributed by atoms with Crippen molar-refractivity contribution in [1.29, 1.82) is 5.26 Å². The molecule has 3 nitrogen and oxygen atoms in total. The second-order valence-corrected chi connectivity index (χ2v) is 5.98. The highest BCUT2D eigenvalue weighted by Crippen LogP contribution is 2.41. The molecule has 0 aliphatic heterocycles. The lowest BCUT2D eigenvalue weighted by Crippen LogP contribution is -2.41. The first-order valence-electron chi connectivity index (χ1n) is 7.57. The van der Waals surface area contributed by atoms with Crippen molar-refractivity contribution in [2.24, 2.45) is 5.92 Å². The number of hydrogen-bond donors (Lipinski definition) is 0. The number of carboxylic acids is 1. The third-order valence-electron chi connectivity index (χ3n) is 4.07. The van der Waals surface area contributed by atoms with E-state index in [1.54, 1.807) is 12.1 Å². The Morgan fingerprint density at radius 3 is 2.00 bits per heavy atom. The number of hydrogen-bond acceptors (Lipinski definition) is 3. The molecule has 122 valence electrons. The summed E-state index contributed by atoms with van der Waals surface area (Å²) < 4.78 is 0. The van der Waals surface area contributed by atoms with Crippen molar-refractivity contribution in [3.8, 4) is 6.07 Å². The van der Waals surface area contributed by atoms with Gasteiger partial charge in [0.1, 0.15) is 0 Å². The summed E-state index contributed by atoms with van der Waals surface area (Å²) in [6.45, 7) is 3.59. The van der Waals surface area contributed by atoms with Crippen LogP contribution < -0.4 is 5.11 Å². The van der Waals surface area contributed by atoms with Gasteiger partial charge in [-0.3, -0.25) is 0 Å². The van der Waals surface area contributed by atoms with E-state index in [0.717, 1.165) is 11.1 Å². The van der Waals surface area contributed by atoms with Crippen LogP contribution in [0.5, 0.6) is 0 Å². The Bertz CT molecular complexity index is 724. The van der Waals surface area contributed by atoms with Gasteiger partial charge in [0.2, 0.25) is 0 Å². The van der Waals surface area contributed by atoms with Gasteiger partial charge in [0.05, 0.1) is 17.4 Å². The van der Waals surface area contributed by atoms with Crippen LogP contribution in [0.4, 0.5) is 0 Å². The van der Waals surface area contributed by atoms with Gasteiger partial charge in [0, 0.05) is 17.8 Å². The third-order valence-corrected chi connectivity index (χ3v) is 4.52. The molecule has 0 spiro atoms. The number of carbonyl (C=O) groups is 1. The molecule has 0 radical (unpaired) electrons. The summed E-state index contributed by atoms with van der Waals surface area (Å²) in [5.41, 5.74) is 1.47. The summed E-state index contributed by atoms with van der Waals surface area (Å²) in [5.74, 6) is -3.68. The molecule has 0 aliphatic rings. The summed E-state index contributed by atoms with van der Waals surface area (Å²) in [6.07, 6.45) is 1.37. The normalized spacial score (nSPS) is 15.5. The maximum atomic E-state index is 11.8. The predicted molar refractivity (Wildman–Crippen MR) is 92.3 cm³/mol.